The summed E-state index contributed by atoms with van der Waals surface area (Å²) in [6.07, 6.45) is 0.384. The highest BCUT2D eigenvalue weighted by Crippen LogP contribution is 2.13. The minimum atomic E-state index is -4.02. The van der Waals surface area contributed by atoms with Crippen molar-refractivity contribution in [2.45, 2.75) is 44.0 Å². The fourth-order valence-corrected chi connectivity index (χ4v) is 2.41. The van der Waals surface area contributed by atoms with Crippen molar-refractivity contribution in [3.05, 3.63) is 29.8 Å². The molecule has 1 saturated heterocycles. The van der Waals surface area contributed by atoms with Gasteiger partial charge in [0.1, 0.15) is 0 Å². The monoisotopic (exact) mass is 400 g/mol. The van der Waals surface area contributed by atoms with Crippen LogP contribution in [0.5, 0.6) is 0 Å². The van der Waals surface area contributed by atoms with Gasteiger partial charge in [0, 0.05) is 18.9 Å². The third-order valence-corrected chi connectivity index (χ3v) is 4.73. The average molecular weight is 400 g/mol. The SMILES string of the molecule is CC(CC(=O)ON1C(=O)CCC1=O)N(C)C.Cc1ccc(S(=O)(=O)O)cc1. The smallest absolute Gasteiger partial charge is 0.330 e. The summed E-state index contributed by atoms with van der Waals surface area (Å²) in [6.45, 7) is 3.70. The number of hydroxylamine groups is 2. The molecule has 1 fully saturated rings. The number of nitrogens with zero attached hydrogens (tertiary/aromatic N) is 2. The zero-order chi connectivity index (χ0) is 20.8. The lowest BCUT2D eigenvalue weighted by molar-refractivity contribution is -0.198. The molecule has 10 heteroatoms. The second kappa shape index (κ2) is 9.58. The zero-order valence-corrected chi connectivity index (χ0v) is 16.5. The summed E-state index contributed by atoms with van der Waals surface area (Å²) < 4.78 is 29.6. The minimum absolute atomic E-state index is 0.000284. The van der Waals surface area contributed by atoms with Gasteiger partial charge in [-0.3, -0.25) is 14.1 Å². The maximum atomic E-state index is 11.4. The van der Waals surface area contributed by atoms with Crippen LogP contribution in [0.3, 0.4) is 0 Å². The topological polar surface area (TPSA) is 121 Å². The standard InChI is InChI=1S/C10H16N2O4.C7H8O3S/c1-7(11(2)3)6-10(15)16-12-8(13)4-5-9(12)14;1-6-2-4-7(5-3-6)11(8,9)10/h7H,4-6H2,1-3H3;2-5H,1H3,(H,8,9,10). The van der Waals surface area contributed by atoms with Gasteiger partial charge in [0.05, 0.1) is 11.3 Å². The first kappa shape index (κ1) is 22.7. The Balaban J connectivity index is 0.000000289. The van der Waals surface area contributed by atoms with Crippen LogP contribution in [0.15, 0.2) is 29.2 Å². The van der Waals surface area contributed by atoms with Crippen LogP contribution in [0, 0.1) is 6.92 Å². The molecule has 0 aromatic heterocycles. The highest BCUT2D eigenvalue weighted by Gasteiger charge is 2.33. The molecule has 1 N–H and O–H groups in total. The molecule has 1 heterocycles. The van der Waals surface area contributed by atoms with Crippen molar-refractivity contribution in [3.63, 3.8) is 0 Å². The van der Waals surface area contributed by atoms with E-state index >= 15 is 0 Å². The Labute approximate surface area is 158 Å². The van der Waals surface area contributed by atoms with Gasteiger partial charge in [-0.05, 0) is 40.1 Å². The lowest BCUT2D eigenvalue weighted by Gasteiger charge is -2.19. The summed E-state index contributed by atoms with van der Waals surface area (Å²) in [5.74, 6) is -1.46. The molecule has 0 spiro atoms. The molecule has 27 heavy (non-hydrogen) atoms. The van der Waals surface area contributed by atoms with E-state index in [1.807, 2.05) is 32.8 Å². The van der Waals surface area contributed by atoms with Gasteiger partial charge in [-0.15, -0.1) is 5.06 Å². The number of carbonyl (C=O) groups is 3. The summed E-state index contributed by atoms with van der Waals surface area (Å²) in [4.78, 5) is 40.2. The molecule has 2 amide bonds. The normalized spacial score (nSPS) is 15.4. The van der Waals surface area contributed by atoms with Gasteiger partial charge in [-0.25, -0.2) is 4.79 Å². The van der Waals surface area contributed by atoms with Crippen LogP contribution in [0.4, 0.5) is 0 Å². The molecule has 1 aromatic rings. The molecule has 1 unspecified atom stereocenters. The van der Waals surface area contributed by atoms with E-state index in [1.54, 1.807) is 12.1 Å². The number of carbonyl (C=O) groups excluding carboxylic acids is 3. The third kappa shape index (κ3) is 7.45. The summed E-state index contributed by atoms with van der Waals surface area (Å²) >= 11 is 0. The largest absolute Gasteiger partial charge is 0.334 e. The third-order valence-electron chi connectivity index (χ3n) is 3.86. The summed E-state index contributed by atoms with van der Waals surface area (Å²) in [6, 6.07) is 5.99. The van der Waals surface area contributed by atoms with Crippen molar-refractivity contribution in [2.24, 2.45) is 0 Å². The second-order valence-corrected chi connectivity index (χ2v) is 7.77. The number of aryl methyl sites for hydroxylation is 1. The first-order valence-electron chi connectivity index (χ1n) is 8.19. The van der Waals surface area contributed by atoms with E-state index < -0.39 is 27.9 Å². The molecule has 0 aliphatic carbocycles. The van der Waals surface area contributed by atoms with Gasteiger partial charge < -0.3 is 9.74 Å². The Morgan fingerprint density at radius 3 is 2.07 bits per heavy atom. The Bertz CT molecular complexity index is 772. The first-order chi connectivity index (χ1) is 12.4. The van der Waals surface area contributed by atoms with Gasteiger partial charge in [-0.1, -0.05) is 17.7 Å². The average Bonchev–Trinajstić information content (AvgIpc) is 2.86. The predicted molar refractivity (Wildman–Crippen MR) is 95.9 cm³/mol. The van der Waals surface area contributed by atoms with Crippen molar-refractivity contribution in [2.75, 3.05) is 14.1 Å². The van der Waals surface area contributed by atoms with E-state index in [-0.39, 0.29) is 30.2 Å². The van der Waals surface area contributed by atoms with Crippen LogP contribution in [0.25, 0.3) is 0 Å². The van der Waals surface area contributed by atoms with Crippen molar-refractivity contribution < 1.29 is 32.2 Å². The lowest BCUT2D eigenvalue weighted by atomic mass is 10.2. The zero-order valence-electron chi connectivity index (χ0n) is 15.7. The number of amides is 2. The summed E-state index contributed by atoms with van der Waals surface area (Å²) in [7, 11) is -0.345. The van der Waals surface area contributed by atoms with Gasteiger partial charge >= 0.3 is 5.97 Å². The molecule has 150 valence electrons. The molecule has 1 aliphatic heterocycles. The molecule has 1 aromatic carbocycles. The number of imide groups is 1. The maximum absolute atomic E-state index is 11.4. The molecule has 0 saturated carbocycles. The van der Waals surface area contributed by atoms with Gasteiger partial charge in [-0.2, -0.15) is 8.42 Å². The van der Waals surface area contributed by atoms with Crippen molar-refractivity contribution in [1.29, 1.82) is 0 Å². The fourth-order valence-electron chi connectivity index (χ4n) is 1.93. The van der Waals surface area contributed by atoms with Crippen LogP contribution in [-0.4, -0.2) is 60.9 Å². The Morgan fingerprint density at radius 1 is 1.19 bits per heavy atom. The van der Waals surface area contributed by atoms with E-state index in [4.69, 9.17) is 9.39 Å². The maximum Gasteiger partial charge on any atom is 0.334 e. The van der Waals surface area contributed by atoms with Crippen molar-refractivity contribution in [3.8, 4) is 0 Å². The molecule has 1 aliphatic rings. The Morgan fingerprint density at radius 2 is 1.67 bits per heavy atom. The van der Waals surface area contributed by atoms with E-state index in [0.717, 1.165) is 5.56 Å². The quantitative estimate of drug-likeness (QED) is 0.578. The van der Waals surface area contributed by atoms with Gasteiger partial charge in [0.25, 0.3) is 21.9 Å². The molecular formula is C17H24N2O7S. The van der Waals surface area contributed by atoms with Crippen molar-refractivity contribution >= 4 is 27.9 Å². The van der Waals surface area contributed by atoms with Gasteiger partial charge in [0.2, 0.25) is 0 Å². The highest BCUT2D eigenvalue weighted by molar-refractivity contribution is 7.85. The van der Waals surface area contributed by atoms with Crippen LogP contribution in [-0.2, 0) is 29.3 Å². The second-order valence-electron chi connectivity index (χ2n) is 6.35. The van der Waals surface area contributed by atoms with E-state index in [2.05, 4.69) is 0 Å². The summed E-state index contributed by atoms with van der Waals surface area (Å²) in [5, 5.41) is 0.574. The van der Waals surface area contributed by atoms with Crippen LogP contribution < -0.4 is 0 Å². The lowest BCUT2D eigenvalue weighted by Crippen LogP contribution is -2.35. The van der Waals surface area contributed by atoms with E-state index in [0.29, 0.717) is 5.06 Å². The molecule has 0 radical (unpaired) electrons. The minimum Gasteiger partial charge on any atom is -0.330 e. The first-order valence-corrected chi connectivity index (χ1v) is 9.63. The van der Waals surface area contributed by atoms with Crippen LogP contribution in [0.1, 0.15) is 31.7 Å². The molecule has 9 nitrogen and oxygen atoms in total. The summed E-state index contributed by atoms with van der Waals surface area (Å²) in [5.41, 5.74) is 0.956. The Kier molecular flexibility index (Phi) is 8.07. The number of benzene rings is 1. The Hall–Kier alpha value is -2.30. The number of hydrogen-bond acceptors (Lipinski definition) is 7. The predicted octanol–water partition coefficient (Wildman–Crippen LogP) is 1.18. The van der Waals surface area contributed by atoms with E-state index in [9.17, 15) is 22.8 Å². The van der Waals surface area contributed by atoms with Crippen LogP contribution in [0.2, 0.25) is 0 Å². The van der Waals surface area contributed by atoms with Crippen molar-refractivity contribution in [1.82, 2.24) is 9.96 Å². The molecular weight excluding hydrogens is 376 g/mol. The number of hydrogen-bond donors (Lipinski definition) is 1. The molecule has 2 rings (SSSR count). The number of rotatable bonds is 5. The van der Waals surface area contributed by atoms with Crippen LogP contribution >= 0.6 is 0 Å². The van der Waals surface area contributed by atoms with Gasteiger partial charge in [0.15, 0.2) is 0 Å². The molecule has 0 bridgehead atoms. The fraction of sp³-hybridized carbons (Fsp3) is 0.471. The molecule has 1 atom stereocenters. The highest BCUT2D eigenvalue weighted by atomic mass is 32.2. The van der Waals surface area contributed by atoms with E-state index in [1.165, 1.54) is 12.1 Å².